The van der Waals surface area contributed by atoms with Gasteiger partial charge in [0.25, 0.3) is 5.91 Å². The standard InChI is InChI=1S/C20H25N3O/c21-14-17-7-4-8-18(13-17)20(24)22-19-9-11-23(12-10-19)15-16-5-2-1-3-6-16/h1-8,13,19H,9-12,14-15,21H2,(H,22,24). The van der Waals surface area contributed by atoms with Crippen LogP contribution in [0.2, 0.25) is 0 Å². The van der Waals surface area contributed by atoms with Gasteiger partial charge in [-0.25, -0.2) is 0 Å². The summed E-state index contributed by atoms with van der Waals surface area (Å²) in [7, 11) is 0. The minimum Gasteiger partial charge on any atom is -0.349 e. The molecule has 0 atom stereocenters. The number of likely N-dealkylation sites (tertiary alicyclic amines) is 1. The second-order valence-electron chi connectivity index (χ2n) is 6.41. The zero-order chi connectivity index (χ0) is 16.8. The summed E-state index contributed by atoms with van der Waals surface area (Å²) in [5.74, 6) is 0.00630. The van der Waals surface area contributed by atoms with Crippen molar-refractivity contribution in [2.24, 2.45) is 5.73 Å². The van der Waals surface area contributed by atoms with Gasteiger partial charge in [0.05, 0.1) is 0 Å². The minimum absolute atomic E-state index is 0.00630. The van der Waals surface area contributed by atoms with E-state index in [0.29, 0.717) is 12.1 Å². The van der Waals surface area contributed by atoms with Crippen LogP contribution in [-0.2, 0) is 13.1 Å². The molecule has 3 rings (SSSR count). The molecule has 2 aromatic carbocycles. The van der Waals surface area contributed by atoms with Gasteiger partial charge in [0.15, 0.2) is 0 Å². The van der Waals surface area contributed by atoms with Gasteiger partial charge in [0.2, 0.25) is 0 Å². The van der Waals surface area contributed by atoms with Crippen molar-refractivity contribution in [3.05, 3.63) is 71.3 Å². The molecule has 1 aliphatic heterocycles. The molecular weight excluding hydrogens is 298 g/mol. The lowest BCUT2D eigenvalue weighted by atomic mass is 10.0. The van der Waals surface area contributed by atoms with Crippen LogP contribution >= 0.6 is 0 Å². The Morgan fingerprint density at radius 1 is 1.04 bits per heavy atom. The van der Waals surface area contributed by atoms with E-state index < -0.39 is 0 Å². The van der Waals surface area contributed by atoms with Gasteiger partial charge >= 0.3 is 0 Å². The lowest BCUT2D eigenvalue weighted by Gasteiger charge is -2.32. The Morgan fingerprint density at radius 2 is 1.75 bits per heavy atom. The zero-order valence-electron chi connectivity index (χ0n) is 13.9. The first kappa shape index (κ1) is 16.7. The summed E-state index contributed by atoms with van der Waals surface area (Å²) in [6.07, 6.45) is 1.99. The van der Waals surface area contributed by atoms with Gasteiger partial charge in [0, 0.05) is 37.8 Å². The summed E-state index contributed by atoms with van der Waals surface area (Å²) in [6, 6.07) is 18.3. The van der Waals surface area contributed by atoms with E-state index in [2.05, 4.69) is 34.5 Å². The highest BCUT2D eigenvalue weighted by Gasteiger charge is 2.21. The van der Waals surface area contributed by atoms with Gasteiger partial charge in [-0.1, -0.05) is 42.5 Å². The number of nitrogens with one attached hydrogen (secondary N) is 1. The van der Waals surface area contributed by atoms with Crippen LogP contribution in [0.5, 0.6) is 0 Å². The fraction of sp³-hybridized carbons (Fsp3) is 0.350. The van der Waals surface area contributed by atoms with Crippen LogP contribution in [0.25, 0.3) is 0 Å². The number of carbonyl (C=O) groups is 1. The highest BCUT2D eigenvalue weighted by atomic mass is 16.1. The average molecular weight is 323 g/mol. The van der Waals surface area contributed by atoms with Crippen molar-refractivity contribution < 1.29 is 4.79 Å². The van der Waals surface area contributed by atoms with E-state index in [9.17, 15) is 4.79 Å². The normalized spacial score (nSPS) is 16.0. The van der Waals surface area contributed by atoms with Crippen LogP contribution in [0.3, 0.4) is 0 Å². The Bertz CT molecular complexity index is 664. The lowest BCUT2D eigenvalue weighted by Crippen LogP contribution is -2.44. The average Bonchev–Trinajstić information content (AvgIpc) is 2.64. The third kappa shape index (κ3) is 4.43. The third-order valence-corrected chi connectivity index (χ3v) is 4.60. The Balaban J connectivity index is 1.49. The van der Waals surface area contributed by atoms with Crippen LogP contribution < -0.4 is 11.1 Å². The van der Waals surface area contributed by atoms with Crippen molar-refractivity contribution >= 4 is 5.91 Å². The molecule has 24 heavy (non-hydrogen) atoms. The Labute approximate surface area is 143 Å². The quantitative estimate of drug-likeness (QED) is 0.889. The van der Waals surface area contributed by atoms with Crippen molar-refractivity contribution in [3.63, 3.8) is 0 Å². The maximum atomic E-state index is 12.4. The highest BCUT2D eigenvalue weighted by molar-refractivity contribution is 5.94. The van der Waals surface area contributed by atoms with E-state index in [1.54, 1.807) is 0 Å². The van der Waals surface area contributed by atoms with Gasteiger partial charge in [0.1, 0.15) is 0 Å². The fourth-order valence-corrected chi connectivity index (χ4v) is 3.19. The summed E-state index contributed by atoms with van der Waals surface area (Å²) in [6.45, 7) is 3.48. The monoisotopic (exact) mass is 323 g/mol. The molecule has 4 heteroatoms. The number of amides is 1. The SMILES string of the molecule is NCc1cccc(C(=O)NC2CCN(Cc3ccccc3)CC2)c1. The first-order chi connectivity index (χ1) is 11.7. The summed E-state index contributed by atoms with van der Waals surface area (Å²) in [4.78, 5) is 14.8. The van der Waals surface area contributed by atoms with Crippen LogP contribution in [-0.4, -0.2) is 29.9 Å². The molecule has 126 valence electrons. The summed E-state index contributed by atoms with van der Waals surface area (Å²) in [5, 5.41) is 3.16. The molecule has 0 spiro atoms. The molecule has 1 saturated heterocycles. The van der Waals surface area contributed by atoms with Crippen LogP contribution in [0.15, 0.2) is 54.6 Å². The number of nitrogens with two attached hydrogens (primary N) is 1. The van der Waals surface area contributed by atoms with Gasteiger partial charge in [-0.15, -0.1) is 0 Å². The number of rotatable bonds is 5. The van der Waals surface area contributed by atoms with E-state index >= 15 is 0 Å². The second-order valence-corrected chi connectivity index (χ2v) is 6.41. The van der Waals surface area contributed by atoms with Crippen LogP contribution in [0.1, 0.15) is 34.3 Å². The number of piperidine rings is 1. The van der Waals surface area contributed by atoms with E-state index in [1.807, 2.05) is 30.3 Å². The molecule has 3 N–H and O–H groups in total. The molecule has 0 aliphatic carbocycles. The van der Waals surface area contributed by atoms with Gasteiger partial charge in [-0.05, 0) is 36.1 Å². The predicted molar refractivity (Wildman–Crippen MR) is 96.5 cm³/mol. The zero-order valence-corrected chi connectivity index (χ0v) is 13.9. The molecule has 0 unspecified atom stereocenters. The van der Waals surface area contributed by atoms with Gasteiger partial charge < -0.3 is 11.1 Å². The largest absolute Gasteiger partial charge is 0.349 e. The van der Waals surface area contributed by atoms with Crippen LogP contribution in [0.4, 0.5) is 0 Å². The Hall–Kier alpha value is -2.17. The molecule has 0 bridgehead atoms. The second kappa shape index (κ2) is 8.08. The first-order valence-electron chi connectivity index (χ1n) is 8.61. The van der Waals surface area contributed by atoms with E-state index in [1.165, 1.54) is 5.56 Å². The molecule has 1 amide bonds. The fourth-order valence-electron chi connectivity index (χ4n) is 3.19. The van der Waals surface area contributed by atoms with E-state index in [4.69, 9.17) is 5.73 Å². The number of hydrogen-bond acceptors (Lipinski definition) is 3. The molecule has 0 aromatic heterocycles. The summed E-state index contributed by atoms with van der Waals surface area (Å²) >= 11 is 0. The molecular formula is C20H25N3O. The predicted octanol–water partition coefficient (Wildman–Crippen LogP) is 2.54. The summed E-state index contributed by atoms with van der Waals surface area (Å²) < 4.78 is 0. The molecule has 1 heterocycles. The van der Waals surface area contributed by atoms with Crippen molar-refractivity contribution in [2.45, 2.75) is 32.0 Å². The molecule has 4 nitrogen and oxygen atoms in total. The van der Waals surface area contributed by atoms with Gasteiger partial charge in [-0.3, -0.25) is 9.69 Å². The number of hydrogen-bond donors (Lipinski definition) is 2. The lowest BCUT2D eigenvalue weighted by molar-refractivity contribution is 0.0909. The Morgan fingerprint density at radius 3 is 2.46 bits per heavy atom. The molecule has 0 saturated carbocycles. The third-order valence-electron chi connectivity index (χ3n) is 4.60. The first-order valence-corrected chi connectivity index (χ1v) is 8.61. The highest BCUT2D eigenvalue weighted by Crippen LogP contribution is 2.15. The Kier molecular flexibility index (Phi) is 5.62. The molecule has 0 radical (unpaired) electrons. The van der Waals surface area contributed by atoms with E-state index in [0.717, 1.165) is 38.0 Å². The maximum Gasteiger partial charge on any atom is 0.251 e. The number of carbonyl (C=O) groups excluding carboxylic acids is 1. The molecule has 1 fully saturated rings. The number of benzene rings is 2. The minimum atomic E-state index is 0.00630. The maximum absolute atomic E-state index is 12.4. The molecule has 1 aliphatic rings. The van der Waals surface area contributed by atoms with Crippen LogP contribution in [0, 0.1) is 0 Å². The summed E-state index contributed by atoms with van der Waals surface area (Å²) in [5.41, 5.74) is 8.68. The van der Waals surface area contributed by atoms with Crippen molar-refractivity contribution in [1.29, 1.82) is 0 Å². The van der Waals surface area contributed by atoms with Gasteiger partial charge in [-0.2, -0.15) is 0 Å². The smallest absolute Gasteiger partial charge is 0.251 e. The number of nitrogens with zero attached hydrogens (tertiary/aromatic N) is 1. The topological polar surface area (TPSA) is 58.4 Å². The van der Waals surface area contributed by atoms with Crippen molar-refractivity contribution in [3.8, 4) is 0 Å². The van der Waals surface area contributed by atoms with Crippen molar-refractivity contribution in [2.75, 3.05) is 13.1 Å². The molecule has 2 aromatic rings. The van der Waals surface area contributed by atoms with E-state index in [-0.39, 0.29) is 11.9 Å². The van der Waals surface area contributed by atoms with Crippen molar-refractivity contribution in [1.82, 2.24) is 10.2 Å².